The number of likely N-dealkylation sites (tertiary alicyclic amines) is 1. The van der Waals surface area contributed by atoms with E-state index in [0.29, 0.717) is 6.54 Å². The lowest BCUT2D eigenvalue weighted by atomic mass is 10.1. The van der Waals surface area contributed by atoms with Gasteiger partial charge in [-0.15, -0.1) is 0 Å². The molecular weight excluding hydrogens is 306 g/mol. The van der Waals surface area contributed by atoms with Crippen LogP contribution in [0.3, 0.4) is 0 Å². The summed E-state index contributed by atoms with van der Waals surface area (Å²) in [4.78, 5) is 12.2. The number of nitrogens with two attached hydrogens (primary N) is 1. The highest BCUT2D eigenvalue weighted by Crippen LogP contribution is 2.09. The van der Waals surface area contributed by atoms with E-state index in [1.165, 1.54) is 19.3 Å². The van der Waals surface area contributed by atoms with E-state index in [1.807, 2.05) is 6.92 Å². The number of oxime groups is 1. The zero-order chi connectivity index (χ0) is 16.2. The number of hydroxylamine groups is 1. The van der Waals surface area contributed by atoms with Crippen molar-refractivity contribution in [2.45, 2.75) is 32.3 Å². The Balaban J connectivity index is 2.27. The third-order valence-corrected chi connectivity index (χ3v) is 3.69. The van der Waals surface area contributed by atoms with Crippen molar-refractivity contribution in [1.29, 1.82) is 0 Å². The minimum atomic E-state index is -0.549. The SMILES string of the molecule is CO[NH2+]\C=C/C=C(C)/C(Cl)=N/OCC(O)CN1CCCCC1. The van der Waals surface area contributed by atoms with Crippen LogP contribution in [0.5, 0.6) is 0 Å². The number of β-amino-alcohol motifs (C(OH)–C–C–N with tert-alkyl or cyclic N) is 1. The van der Waals surface area contributed by atoms with Gasteiger partial charge in [-0.1, -0.05) is 29.3 Å². The average Bonchev–Trinajstić information content (AvgIpc) is 2.52. The number of aliphatic hydroxyl groups is 1. The zero-order valence-corrected chi connectivity index (χ0v) is 14.1. The van der Waals surface area contributed by atoms with Crippen LogP contribution in [0.1, 0.15) is 26.2 Å². The summed E-state index contributed by atoms with van der Waals surface area (Å²) in [7, 11) is 1.58. The lowest BCUT2D eigenvalue weighted by Crippen LogP contribution is -2.75. The summed E-state index contributed by atoms with van der Waals surface area (Å²) in [6, 6.07) is 0. The van der Waals surface area contributed by atoms with Crippen LogP contribution >= 0.6 is 11.6 Å². The molecule has 0 aliphatic carbocycles. The lowest BCUT2D eigenvalue weighted by Gasteiger charge is -2.27. The molecular formula is C15H27ClN3O3+. The molecule has 0 aromatic rings. The molecule has 1 aliphatic heterocycles. The molecule has 0 aromatic carbocycles. The standard InChI is InChI=1S/C15H26ClN3O3/c1-13(7-6-8-17-21-2)15(16)18-22-12-14(20)11-19-9-4-3-5-10-19/h6-8,14,17,20H,3-5,9-12H2,1-2H3/p+1/b8-6-,13-7+,18-15-. The molecule has 22 heavy (non-hydrogen) atoms. The van der Waals surface area contributed by atoms with Crippen LogP contribution in [0.4, 0.5) is 0 Å². The maximum Gasteiger partial charge on any atom is 0.171 e. The molecule has 126 valence electrons. The molecule has 6 nitrogen and oxygen atoms in total. The van der Waals surface area contributed by atoms with Crippen molar-refractivity contribution in [3.05, 3.63) is 23.9 Å². The Morgan fingerprint density at radius 1 is 1.41 bits per heavy atom. The van der Waals surface area contributed by atoms with Crippen LogP contribution in [0, 0.1) is 0 Å². The Kier molecular flexibility index (Phi) is 10.1. The summed E-state index contributed by atoms with van der Waals surface area (Å²) in [5.41, 5.74) is 2.33. The molecule has 0 bridgehead atoms. The quantitative estimate of drug-likeness (QED) is 0.375. The Morgan fingerprint density at radius 2 is 2.14 bits per heavy atom. The van der Waals surface area contributed by atoms with E-state index >= 15 is 0 Å². The van der Waals surface area contributed by atoms with Gasteiger partial charge in [0.15, 0.2) is 5.17 Å². The second-order valence-electron chi connectivity index (χ2n) is 5.30. The molecule has 1 heterocycles. The Labute approximate surface area is 137 Å². The molecule has 1 aliphatic rings. The zero-order valence-electron chi connectivity index (χ0n) is 13.4. The first-order valence-electron chi connectivity index (χ1n) is 7.59. The Bertz CT molecular complexity index is 393. The van der Waals surface area contributed by atoms with Gasteiger partial charge in [-0.25, -0.2) is 4.84 Å². The van der Waals surface area contributed by atoms with Crippen LogP contribution in [-0.4, -0.2) is 54.6 Å². The van der Waals surface area contributed by atoms with Crippen LogP contribution < -0.4 is 5.48 Å². The lowest BCUT2D eigenvalue weighted by molar-refractivity contribution is -0.842. The minimum absolute atomic E-state index is 0.146. The number of allylic oxidation sites excluding steroid dienone is 3. The third kappa shape index (κ3) is 8.51. The highest BCUT2D eigenvalue weighted by atomic mass is 35.5. The van der Waals surface area contributed by atoms with Crippen molar-refractivity contribution < 1.29 is 20.3 Å². The first-order chi connectivity index (χ1) is 10.6. The second-order valence-corrected chi connectivity index (χ2v) is 5.66. The van der Waals surface area contributed by atoms with E-state index in [4.69, 9.17) is 21.3 Å². The number of piperidine rings is 1. The number of hydrogen-bond acceptors (Lipinski definition) is 5. The fraction of sp³-hybridized carbons (Fsp3) is 0.667. The molecule has 7 heteroatoms. The molecule has 1 saturated heterocycles. The molecule has 1 unspecified atom stereocenters. The number of nitrogens with zero attached hydrogens (tertiary/aromatic N) is 2. The van der Waals surface area contributed by atoms with Gasteiger partial charge in [0.25, 0.3) is 0 Å². The fourth-order valence-electron chi connectivity index (χ4n) is 2.14. The van der Waals surface area contributed by atoms with Gasteiger partial charge in [-0.05, 0) is 44.5 Å². The number of rotatable bonds is 9. The van der Waals surface area contributed by atoms with Gasteiger partial charge in [-0.3, -0.25) is 0 Å². The van der Waals surface area contributed by atoms with Crippen molar-refractivity contribution >= 4 is 16.8 Å². The van der Waals surface area contributed by atoms with Gasteiger partial charge in [0, 0.05) is 6.54 Å². The van der Waals surface area contributed by atoms with Gasteiger partial charge in [-0.2, -0.15) is 5.48 Å². The first-order valence-corrected chi connectivity index (χ1v) is 7.97. The van der Waals surface area contributed by atoms with Crippen molar-refractivity contribution in [2.24, 2.45) is 5.16 Å². The van der Waals surface area contributed by atoms with Gasteiger partial charge in [0.2, 0.25) is 0 Å². The largest absolute Gasteiger partial charge is 0.392 e. The molecule has 3 N–H and O–H groups in total. The Hall–Kier alpha value is -0.920. The molecule has 0 saturated carbocycles. The van der Waals surface area contributed by atoms with Crippen LogP contribution in [0.2, 0.25) is 0 Å². The predicted octanol–water partition coefficient (Wildman–Crippen LogP) is 0.987. The van der Waals surface area contributed by atoms with Crippen molar-refractivity contribution in [2.75, 3.05) is 33.4 Å². The van der Waals surface area contributed by atoms with Crippen molar-refractivity contribution in [3.8, 4) is 0 Å². The first kappa shape index (κ1) is 19.1. The van der Waals surface area contributed by atoms with Crippen LogP contribution in [0.25, 0.3) is 0 Å². The molecule has 0 spiro atoms. The number of halogens is 1. The molecule has 1 rings (SSSR count). The third-order valence-electron chi connectivity index (χ3n) is 3.33. The molecule has 0 radical (unpaired) electrons. The van der Waals surface area contributed by atoms with E-state index in [1.54, 1.807) is 30.9 Å². The highest BCUT2D eigenvalue weighted by molar-refractivity contribution is 6.69. The fourth-order valence-corrected chi connectivity index (χ4v) is 2.25. The van der Waals surface area contributed by atoms with Gasteiger partial charge >= 0.3 is 0 Å². The molecule has 0 aromatic heterocycles. The van der Waals surface area contributed by atoms with E-state index in [9.17, 15) is 5.11 Å². The Morgan fingerprint density at radius 3 is 2.82 bits per heavy atom. The van der Waals surface area contributed by atoms with Crippen LogP contribution in [0.15, 0.2) is 29.1 Å². The van der Waals surface area contributed by atoms with E-state index < -0.39 is 6.10 Å². The van der Waals surface area contributed by atoms with Crippen LogP contribution in [-0.2, 0) is 9.68 Å². The summed E-state index contributed by atoms with van der Waals surface area (Å²) in [6.07, 6.45) is 8.48. The maximum atomic E-state index is 9.93. The summed E-state index contributed by atoms with van der Waals surface area (Å²) in [5, 5.41) is 14.0. The van der Waals surface area contributed by atoms with Gasteiger partial charge < -0.3 is 14.8 Å². The summed E-state index contributed by atoms with van der Waals surface area (Å²) in [5.74, 6) is 0. The van der Waals surface area contributed by atoms with Crippen molar-refractivity contribution in [1.82, 2.24) is 4.90 Å². The molecule has 1 fully saturated rings. The number of hydrogen-bond donors (Lipinski definition) is 2. The van der Waals surface area contributed by atoms with Gasteiger partial charge in [0.1, 0.15) is 18.9 Å². The normalized spacial score (nSPS) is 19.6. The van der Waals surface area contributed by atoms with E-state index in [0.717, 1.165) is 18.7 Å². The van der Waals surface area contributed by atoms with Crippen molar-refractivity contribution in [3.63, 3.8) is 0 Å². The molecule has 0 amide bonds. The monoisotopic (exact) mass is 332 g/mol. The van der Waals surface area contributed by atoms with E-state index in [2.05, 4.69) is 10.1 Å². The number of quaternary nitrogens is 1. The smallest absolute Gasteiger partial charge is 0.171 e. The topological polar surface area (TPSA) is 70.9 Å². The second kappa shape index (κ2) is 11.6. The minimum Gasteiger partial charge on any atom is -0.392 e. The van der Waals surface area contributed by atoms with Gasteiger partial charge in [0.05, 0.1) is 7.11 Å². The summed E-state index contributed by atoms with van der Waals surface area (Å²) >= 11 is 6.01. The molecule has 1 atom stereocenters. The predicted molar refractivity (Wildman–Crippen MR) is 87.4 cm³/mol. The number of aliphatic hydroxyl groups excluding tert-OH is 1. The summed E-state index contributed by atoms with van der Waals surface area (Å²) < 4.78 is 0. The highest BCUT2D eigenvalue weighted by Gasteiger charge is 2.14. The van der Waals surface area contributed by atoms with E-state index in [-0.39, 0.29) is 11.8 Å². The summed E-state index contributed by atoms with van der Waals surface area (Å²) in [6.45, 7) is 4.70. The average molecular weight is 333 g/mol. The maximum absolute atomic E-state index is 9.93.